The van der Waals surface area contributed by atoms with Gasteiger partial charge in [-0.05, 0) is 18.6 Å². The summed E-state index contributed by atoms with van der Waals surface area (Å²) in [6, 6.07) is 10.5. The van der Waals surface area contributed by atoms with Crippen LogP contribution in [-0.4, -0.2) is 27.2 Å². The first-order valence-corrected chi connectivity index (χ1v) is 9.92. The van der Waals surface area contributed by atoms with Gasteiger partial charge in [-0.15, -0.1) is 10.2 Å². The average molecular weight is 344 g/mol. The standard InChI is InChI=1S/C20H33N5/c1-2-3-4-5-6-7-8-9-10-14-17-25(18-20-21-23-24-22-20)19-15-12-11-13-16-19/h11-13,15-16H,2-10,14,17-18H2,1H3,(H,21,22,23,24). The van der Waals surface area contributed by atoms with Gasteiger partial charge < -0.3 is 4.90 Å². The van der Waals surface area contributed by atoms with Gasteiger partial charge in [0.25, 0.3) is 0 Å². The SMILES string of the molecule is CCCCCCCCCCCCN(Cc1nn[nH]n1)c1ccccc1. The molecular weight excluding hydrogens is 310 g/mol. The quantitative estimate of drug-likeness (QED) is 0.483. The first-order valence-electron chi connectivity index (χ1n) is 9.92. The second-order valence-electron chi connectivity index (χ2n) is 6.77. The van der Waals surface area contributed by atoms with Crippen LogP contribution in [0.5, 0.6) is 0 Å². The predicted molar refractivity (Wildman–Crippen MR) is 104 cm³/mol. The maximum atomic E-state index is 4.09. The molecule has 0 spiro atoms. The Morgan fingerprint density at radius 1 is 0.840 bits per heavy atom. The Balaban J connectivity index is 1.63. The molecule has 0 aliphatic heterocycles. The van der Waals surface area contributed by atoms with Gasteiger partial charge >= 0.3 is 0 Å². The summed E-state index contributed by atoms with van der Waals surface area (Å²) in [5.74, 6) is 0.746. The minimum absolute atomic E-state index is 0.706. The Morgan fingerprint density at radius 2 is 1.48 bits per heavy atom. The van der Waals surface area contributed by atoms with Crippen molar-refractivity contribution < 1.29 is 0 Å². The third kappa shape index (κ3) is 8.14. The highest BCUT2D eigenvalue weighted by Gasteiger charge is 2.09. The van der Waals surface area contributed by atoms with Crippen molar-refractivity contribution in [3.05, 3.63) is 36.2 Å². The van der Waals surface area contributed by atoms with Crippen molar-refractivity contribution in [1.29, 1.82) is 0 Å². The molecule has 0 saturated heterocycles. The molecule has 0 radical (unpaired) electrons. The Labute approximate surface area is 152 Å². The van der Waals surface area contributed by atoms with E-state index >= 15 is 0 Å². The minimum Gasteiger partial charge on any atom is -0.364 e. The van der Waals surface area contributed by atoms with E-state index in [1.54, 1.807) is 0 Å². The summed E-state index contributed by atoms with van der Waals surface area (Å²) in [5.41, 5.74) is 1.23. The first-order chi connectivity index (χ1) is 12.4. The second kappa shape index (κ2) is 12.5. The average Bonchev–Trinajstić information content (AvgIpc) is 3.16. The molecule has 2 aromatic rings. The van der Waals surface area contributed by atoms with Crippen LogP contribution in [0.3, 0.4) is 0 Å². The van der Waals surface area contributed by atoms with E-state index in [-0.39, 0.29) is 0 Å². The maximum Gasteiger partial charge on any atom is 0.193 e. The number of aromatic amines is 1. The molecule has 0 aliphatic rings. The van der Waals surface area contributed by atoms with Gasteiger partial charge in [-0.3, -0.25) is 0 Å². The molecule has 138 valence electrons. The van der Waals surface area contributed by atoms with Gasteiger partial charge in [-0.25, -0.2) is 0 Å². The van der Waals surface area contributed by atoms with Crippen LogP contribution in [0.25, 0.3) is 0 Å². The monoisotopic (exact) mass is 343 g/mol. The lowest BCUT2D eigenvalue weighted by atomic mass is 10.1. The lowest BCUT2D eigenvalue weighted by Gasteiger charge is -2.23. The van der Waals surface area contributed by atoms with E-state index in [1.165, 1.54) is 69.9 Å². The molecule has 1 aromatic heterocycles. The van der Waals surface area contributed by atoms with Crippen molar-refractivity contribution in [2.24, 2.45) is 0 Å². The molecular formula is C20H33N5. The van der Waals surface area contributed by atoms with Gasteiger partial charge in [0.15, 0.2) is 5.82 Å². The highest BCUT2D eigenvalue weighted by atomic mass is 15.5. The van der Waals surface area contributed by atoms with Crippen molar-refractivity contribution >= 4 is 5.69 Å². The number of rotatable bonds is 14. The van der Waals surface area contributed by atoms with Gasteiger partial charge in [-0.2, -0.15) is 5.21 Å². The zero-order chi connectivity index (χ0) is 17.6. The molecule has 0 bridgehead atoms. The molecule has 0 atom stereocenters. The molecule has 0 fully saturated rings. The fourth-order valence-electron chi connectivity index (χ4n) is 3.15. The zero-order valence-corrected chi connectivity index (χ0v) is 15.7. The Kier molecular flexibility index (Phi) is 9.67. The molecule has 1 aromatic carbocycles. The lowest BCUT2D eigenvalue weighted by molar-refractivity contribution is 0.553. The highest BCUT2D eigenvalue weighted by molar-refractivity contribution is 5.45. The highest BCUT2D eigenvalue weighted by Crippen LogP contribution is 2.17. The number of tetrazole rings is 1. The smallest absolute Gasteiger partial charge is 0.193 e. The van der Waals surface area contributed by atoms with Crippen molar-refractivity contribution in [2.45, 2.75) is 77.7 Å². The van der Waals surface area contributed by atoms with Crippen molar-refractivity contribution in [2.75, 3.05) is 11.4 Å². The predicted octanol–water partition coefficient (Wildman–Crippen LogP) is 5.13. The summed E-state index contributed by atoms with van der Waals surface area (Å²) < 4.78 is 0. The van der Waals surface area contributed by atoms with Crippen LogP contribution in [0.2, 0.25) is 0 Å². The fraction of sp³-hybridized carbons (Fsp3) is 0.650. The number of aromatic nitrogens is 4. The van der Waals surface area contributed by atoms with E-state index in [2.05, 4.69) is 62.8 Å². The van der Waals surface area contributed by atoms with Crippen LogP contribution in [0.4, 0.5) is 5.69 Å². The lowest BCUT2D eigenvalue weighted by Crippen LogP contribution is -2.24. The number of unbranched alkanes of at least 4 members (excludes halogenated alkanes) is 9. The number of hydrogen-bond donors (Lipinski definition) is 1. The van der Waals surface area contributed by atoms with Crippen LogP contribution in [0.1, 0.15) is 77.0 Å². The minimum atomic E-state index is 0.706. The normalized spacial score (nSPS) is 10.9. The zero-order valence-electron chi connectivity index (χ0n) is 15.7. The number of benzene rings is 1. The van der Waals surface area contributed by atoms with Crippen LogP contribution in [-0.2, 0) is 6.54 Å². The molecule has 0 saturated carbocycles. The number of hydrogen-bond acceptors (Lipinski definition) is 4. The van der Waals surface area contributed by atoms with Gasteiger partial charge in [0.1, 0.15) is 0 Å². The first kappa shape index (κ1) is 19.4. The number of H-pyrrole nitrogens is 1. The van der Waals surface area contributed by atoms with Crippen molar-refractivity contribution in [1.82, 2.24) is 20.6 Å². The molecule has 5 heteroatoms. The van der Waals surface area contributed by atoms with E-state index in [0.717, 1.165) is 12.4 Å². The third-order valence-electron chi connectivity index (χ3n) is 4.62. The van der Waals surface area contributed by atoms with Gasteiger partial charge in [0.05, 0.1) is 6.54 Å². The van der Waals surface area contributed by atoms with Gasteiger partial charge in [0.2, 0.25) is 0 Å². The summed E-state index contributed by atoms with van der Waals surface area (Å²) >= 11 is 0. The Bertz CT molecular complexity index is 526. The Hall–Kier alpha value is -1.91. The van der Waals surface area contributed by atoms with Crippen LogP contribution >= 0.6 is 0 Å². The maximum absolute atomic E-state index is 4.09. The van der Waals surface area contributed by atoms with Gasteiger partial charge in [0, 0.05) is 12.2 Å². The van der Waals surface area contributed by atoms with E-state index in [0.29, 0.717) is 6.54 Å². The number of nitrogens with zero attached hydrogens (tertiary/aromatic N) is 4. The van der Waals surface area contributed by atoms with E-state index in [4.69, 9.17) is 0 Å². The molecule has 5 nitrogen and oxygen atoms in total. The topological polar surface area (TPSA) is 57.7 Å². The Morgan fingerprint density at radius 3 is 2.08 bits per heavy atom. The summed E-state index contributed by atoms with van der Waals surface area (Å²) in [5, 5.41) is 14.4. The third-order valence-corrected chi connectivity index (χ3v) is 4.62. The summed E-state index contributed by atoms with van der Waals surface area (Å²) in [7, 11) is 0. The van der Waals surface area contributed by atoms with Crippen LogP contribution in [0, 0.1) is 0 Å². The number of para-hydroxylation sites is 1. The van der Waals surface area contributed by atoms with Crippen molar-refractivity contribution in [3.8, 4) is 0 Å². The number of anilines is 1. The molecule has 0 aliphatic carbocycles. The fourth-order valence-corrected chi connectivity index (χ4v) is 3.15. The van der Waals surface area contributed by atoms with Crippen LogP contribution in [0.15, 0.2) is 30.3 Å². The summed E-state index contributed by atoms with van der Waals surface area (Å²) in [6.45, 7) is 4.02. The van der Waals surface area contributed by atoms with E-state index < -0.39 is 0 Å². The molecule has 25 heavy (non-hydrogen) atoms. The molecule has 0 amide bonds. The number of nitrogens with one attached hydrogen (secondary N) is 1. The molecule has 1 N–H and O–H groups in total. The summed E-state index contributed by atoms with van der Waals surface area (Å²) in [4.78, 5) is 2.34. The molecule has 2 rings (SSSR count). The van der Waals surface area contributed by atoms with Crippen molar-refractivity contribution in [3.63, 3.8) is 0 Å². The molecule has 1 heterocycles. The molecule has 0 unspecified atom stereocenters. The largest absolute Gasteiger partial charge is 0.364 e. The van der Waals surface area contributed by atoms with Gasteiger partial charge in [-0.1, -0.05) is 88.1 Å². The van der Waals surface area contributed by atoms with E-state index in [1.807, 2.05) is 0 Å². The summed E-state index contributed by atoms with van der Waals surface area (Å²) in [6.07, 6.45) is 13.6. The van der Waals surface area contributed by atoms with Crippen LogP contribution < -0.4 is 4.90 Å². The second-order valence-corrected chi connectivity index (χ2v) is 6.77. The van der Waals surface area contributed by atoms with E-state index in [9.17, 15) is 0 Å².